The van der Waals surface area contributed by atoms with Crippen molar-refractivity contribution in [1.82, 2.24) is 5.32 Å². The Bertz CT molecular complexity index is 1150. The summed E-state index contributed by atoms with van der Waals surface area (Å²) in [4.78, 5) is 13.0. The van der Waals surface area contributed by atoms with Gasteiger partial charge in [-0.2, -0.15) is 0 Å². The number of nitrogens with zero attached hydrogens (tertiary/aromatic N) is 1. The summed E-state index contributed by atoms with van der Waals surface area (Å²) in [5.74, 6) is -0.536. The third kappa shape index (κ3) is 5.87. The summed E-state index contributed by atoms with van der Waals surface area (Å²) >= 11 is 11.9. The van der Waals surface area contributed by atoms with Crippen molar-refractivity contribution in [2.24, 2.45) is 0 Å². The summed E-state index contributed by atoms with van der Waals surface area (Å²) in [5.41, 5.74) is 0.878. The molecule has 164 valence electrons. The molecule has 0 heterocycles. The molecule has 2 rings (SSSR count). The van der Waals surface area contributed by atoms with E-state index in [1.54, 1.807) is 19.1 Å². The summed E-state index contributed by atoms with van der Waals surface area (Å²) in [5, 5.41) is 3.17. The van der Waals surface area contributed by atoms with Gasteiger partial charge in [-0.3, -0.25) is 9.10 Å². The largest absolute Gasteiger partial charge is 0.348 e. The number of sulfone groups is 1. The first-order chi connectivity index (χ1) is 13.7. The second-order valence-electron chi connectivity index (χ2n) is 6.90. The molecule has 0 aliphatic carbocycles. The minimum Gasteiger partial charge on any atom is -0.348 e. The summed E-state index contributed by atoms with van der Waals surface area (Å²) < 4.78 is 48.9. The molecule has 0 unspecified atom stereocenters. The van der Waals surface area contributed by atoms with Crippen LogP contribution in [0.2, 0.25) is 10.0 Å². The fourth-order valence-electron chi connectivity index (χ4n) is 2.85. The number of rotatable bonds is 7. The fraction of sp³-hybridized carbons (Fsp3) is 0.316. The number of halogens is 2. The van der Waals surface area contributed by atoms with Gasteiger partial charge in [0.2, 0.25) is 15.9 Å². The third-order valence-corrected chi connectivity index (χ3v) is 7.52. The van der Waals surface area contributed by atoms with Crippen molar-refractivity contribution in [3.63, 3.8) is 0 Å². The molecule has 7 nitrogen and oxygen atoms in total. The topological polar surface area (TPSA) is 101 Å². The number of amides is 1. The first-order valence-electron chi connectivity index (χ1n) is 8.76. The predicted octanol–water partition coefficient (Wildman–Crippen LogP) is 3.43. The molecule has 2 aromatic carbocycles. The lowest BCUT2D eigenvalue weighted by Crippen LogP contribution is -2.48. The second kappa shape index (κ2) is 9.13. The van der Waals surface area contributed by atoms with Gasteiger partial charge in [0.15, 0.2) is 9.84 Å². The van der Waals surface area contributed by atoms with Gasteiger partial charge < -0.3 is 5.32 Å². The Labute approximate surface area is 187 Å². The van der Waals surface area contributed by atoms with Crippen molar-refractivity contribution in [1.29, 1.82) is 0 Å². The quantitative estimate of drug-likeness (QED) is 0.637. The summed E-state index contributed by atoms with van der Waals surface area (Å²) in [6, 6.07) is 8.84. The zero-order chi connectivity index (χ0) is 22.9. The van der Waals surface area contributed by atoms with Gasteiger partial charge in [-0.15, -0.1) is 0 Å². The van der Waals surface area contributed by atoms with Crippen LogP contribution in [0.15, 0.2) is 47.4 Å². The van der Waals surface area contributed by atoms with Crippen molar-refractivity contribution in [2.45, 2.75) is 30.8 Å². The van der Waals surface area contributed by atoms with Crippen LogP contribution in [0.4, 0.5) is 5.69 Å². The zero-order valence-corrected chi connectivity index (χ0v) is 19.9. The molecule has 0 aromatic heterocycles. The Morgan fingerprint density at radius 1 is 0.933 bits per heavy atom. The SMILES string of the molecule is C[C@H](NC(=O)[C@@H](C)N(c1ccc(Cl)c(Cl)c1)S(C)(=O)=O)c1ccc(S(C)(=O)=O)cc1. The van der Waals surface area contributed by atoms with Crippen LogP contribution >= 0.6 is 23.2 Å². The Hall–Kier alpha value is -1.81. The Balaban J connectivity index is 2.25. The van der Waals surface area contributed by atoms with Gasteiger partial charge in [0.25, 0.3) is 0 Å². The van der Waals surface area contributed by atoms with Crippen LogP contribution < -0.4 is 9.62 Å². The lowest BCUT2D eigenvalue weighted by molar-refractivity contribution is -0.122. The molecular formula is C19H22Cl2N2O5S2. The molecule has 0 bridgehead atoms. The third-order valence-electron chi connectivity index (χ3n) is 4.41. The van der Waals surface area contributed by atoms with E-state index in [1.165, 1.54) is 37.3 Å². The molecule has 1 N–H and O–H groups in total. The number of anilines is 1. The summed E-state index contributed by atoms with van der Waals surface area (Å²) in [7, 11) is -7.14. The first kappa shape index (κ1) is 24.5. The smallest absolute Gasteiger partial charge is 0.244 e. The number of carbonyl (C=O) groups is 1. The molecule has 30 heavy (non-hydrogen) atoms. The molecule has 2 atom stereocenters. The molecule has 11 heteroatoms. The van der Waals surface area contributed by atoms with Crippen molar-refractivity contribution in [3.05, 3.63) is 58.1 Å². The lowest BCUT2D eigenvalue weighted by Gasteiger charge is -2.29. The molecule has 1 amide bonds. The van der Waals surface area contributed by atoms with Crippen LogP contribution in [0, 0.1) is 0 Å². The number of benzene rings is 2. The van der Waals surface area contributed by atoms with E-state index < -0.39 is 37.9 Å². The maximum atomic E-state index is 12.8. The second-order valence-corrected chi connectivity index (χ2v) is 11.6. The normalized spacial score (nSPS) is 14.1. The Kier molecular flexibility index (Phi) is 7.45. The average Bonchev–Trinajstić information content (AvgIpc) is 2.63. The van der Waals surface area contributed by atoms with Gasteiger partial charge in [-0.05, 0) is 49.7 Å². The Morgan fingerprint density at radius 2 is 1.50 bits per heavy atom. The van der Waals surface area contributed by atoms with E-state index in [4.69, 9.17) is 23.2 Å². The molecule has 2 aromatic rings. The van der Waals surface area contributed by atoms with Crippen LogP contribution in [0.1, 0.15) is 25.5 Å². The lowest BCUT2D eigenvalue weighted by atomic mass is 10.1. The van der Waals surface area contributed by atoms with Crippen molar-refractivity contribution in [3.8, 4) is 0 Å². The van der Waals surface area contributed by atoms with Crippen LogP contribution in [-0.2, 0) is 24.7 Å². The minimum absolute atomic E-state index is 0.162. The van der Waals surface area contributed by atoms with E-state index >= 15 is 0 Å². The Morgan fingerprint density at radius 3 is 1.97 bits per heavy atom. The van der Waals surface area contributed by atoms with Gasteiger partial charge in [0.1, 0.15) is 6.04 Å². The maximum absolute atomic E-state index is 12.8. The molecule has 0 aliphatic rings. The van der Waals surface area contributed by atoms with Crippen molar-refractivity contribution < 1.29 is 21.6 Å². The predicted molar refractivity (Wildman–Crippen MR) is 119 cm³/mol. The van der Waals surface area contributed by atoms with Crippen LogP contribution in [0.5, 0.6) is 0 Å². The standard InChI is InChI=1S/C19H22Cl2N2O5S2/c1-12(14-5-8-16(9-6-14)29(3,25)26)22-19(24)13(2)23(30(4,27)28)15-7-10-17(20)18(21)11-15/h5-13H,1-4H3,(H,22,24)/t12-,13+/m0/s1. The maximum Gasteiger partial charge on any atom is 0.244 e. The van der Waals surface area contributed by atoms with Gasteiger partial charge in [-0.25, -0.2) is 16.8 Å². The number of nitrogens with one attached hydrogen (secondary N) is 1. The van der Waals surface area contributed by atoms with Crippen molar-refractivity contribution >= 4 is 54.7 Å². The van der Waals surface area contributed by atoms with Crippen molar-refractivity contribution in [2.75, 3.05) is 16.8 Å². The highest BCUT2D eigenvalue weighted by Gasteiger charge is 2.30. The fourth-order valence-corrected chi connectivity index (χ4v) is 4.94. The van der Waals surface area contributed by atoms with Gasteiger partial charge in [-0.1, -0.05) is 35.3 Å². The number of sulfonamides is 1. The number of carbonyl (C=O) groups excluding carboxylic acids is 1. The molecule has 0 fully saturated rings. The van der Waals surface area contributed by atoms with E-state index in [0.717, 1.165) is 16.8 Å². The van der Waals surface area contributed by atoms with E-state index in [1.807, 2.05) is 0 Å². The molecule has 0 saturated heterocycles. The highest BCUT2D eigenvalue weighted by atomic mass is 35.5. The van der Waals surface area contributed by atoms with E-state index in [9.17, 15) is 21.6 Å². The minimum atomic E-state index is -3.81. The van der Waals surface area contributed by atoms with Gasteiger partial charge in [0.05, 0.1) is 32.9 Å². The zero-order valence-electron chi connectivity index (χ0n) is 16.8. The van der Waals surface area contributed by atoms with E-state index in [2.05, 4.69) is 5.32 Å². The molecular weight excluding hydrogens is 471 g/mol. The average molecular weight is 493 g/mol. The van der Waals surface area contributed by atoms with E-state index in [0.29, 0.717) is 5.56 Å². The van der Waals surface area contributed by atoms with Gasteiger partial charge >= 0.3 is 0 Å². The summed E-state index contributed by atoms with van der Waals surface area (Å²) in [6.45, 7) is 3.17. The summed E-state index contributed by atoms with van der Waals surface area (Å²) in [6.07, 6.45) is 2.10. The van der Waals surface area contributed by atoms with Crippen LogP contribution in [0.25, 0.3) is 0 Å². The first-order valence-corrected chi connectivity index (χ1v) is 13.3. The molecule has 0 saturated carbocycles. The molecule has 0 aliphatic heterocycles. The van der Waals surface area contributed by atoms with Crippen LogP contribution in [-0.4, -0.2) is 41.3 Å². The highest BCUT2D eigenvalue weighted by Crippen LogP contribution is 2.30. The molecule has 0 radical (unpaired) electrons. The van der Waals surface area contributed by atoms with Gasteiger partial charge in [0, 0.05) is 6.26 Å². The monoisotopic (exact) mass is 492 g/mol. The van der Waals surface area contributed by atoms with Crippen LogP contribution in [0.3, 0.4) is 0 Å². The number of hydrogen-bond acceptors (Lipinski definition) is 5. The molecule has 0 spiro atoms. The highest BCUT2D eigenvalue weighted by molar-refractivity contribution is 7.92. The number of hydrogen-bond donors (Lipinski definition) is 1. The van der Waals surface area contributed by atoms with E-state index in [-0.39, 0.29) is 20.6 Å².